The van der Waals surface area contributed by atoms with Crippen molar-refractivity contribution < 1.29 is 0 Å². The van der Waals surface area contributed by atoms with Crippen LogP contribution in [0.4, 0.5) is 0 Å². The van der Waals surface area contributed by atoms with Crippen molar-refractivity contribution in [1.29, 1.82) is 0 Å². The van der Waals surface area contributed by atoms with Gasteiger partial charge in [0.25, 0.3) is 0 Å². The summed E-state index contributed by atoms with van der Waals surface area (Å²) in [5.41, 5.74) is 5.17. The third-order valence-electron chi connectivity index (χ3n) is 10.2. The molecular weight excluding hydrogens is 617 g/mol. The number of benzene rings is 9. The minimum absolute atomic E-state index is 1.27. The molecule has 0 saturated carbocycles. The lowest BCUT2D eigenvalue weighted by Gasteiger charge is -2.18. The third kappa shape index (κ3) is 3.70. The zero-order chi connectivity index (χ0) is 31.3. The maximum Gasteiger partial charge on any atom is 0.0534 e. The Labute approximate surface area is 284 Å². The van der Waals surface area contributed by atoms with Gasteiger partial charge in [0, 0.05) is 30.9 Å². The Hall–Kier alpha value is -5.54. The number of fused-ring (bicyclic) bond motifs is 11. The van der Waals surface area contributed by atoms with Crippen molar-refractivity contribution in [2.45, 2.75) is 0 Å². The largest absolute Gasteiger partial charge is 0.134 e. The Balaban J connectivity index is 1.18. The summed E-state index contributed by atoms with van der Waals surface area (Å²) in [4.78, 5) is 0. The standard InChI is InChI=1S/C46H26S2/c1-2-12-29-25-42-40(24-28(29)11-1)39-23-22-38-32-21-20-30(26-41(32)47-45(38)46(39)48-42)43-34-15-5-7-17-36(34)44(37-18-8-6-16-35(37)43)33-19-9-13-27-10-3-4-14-31(27)33/h1-26H. The van der Waals surface area contributed by atoms with Gasteiger partial charge in [-0.05, 0) is 83.5 Å². The molecule has 2 heterocycles. The van der Waals surface area contributed by atoms with Gasteiger partial charge in [-0.2, -0.15) is 0 Å². The van der Waals surface area contributed by atoms with Crippen LogP contribution in [0.1, 0.15) is 0 Å². The fourth-order valence-electron chi connectivity index (χ4n) is 8.08. The molecule has 0 N–H and O–H groups in total. The van der Waals surface area contributed by atoms with Crippen molar-refractivity contribution in [2.75, 3.05) is 0 Å². The Morgan fingerprint density at radius 3 is 1.48 bits per heavy atom. The molecule has 0 nitrogen and oxygen atoms in total. The van der Waals surface area contributed by atoms with Gasteiger partial charge in [0.1, 0.15) is 0 Å². The van der Waals surface area contributed by atoms with Crippen LogP contribution in [-0.2, 0) is 0 Å². The Kier molecular flexibility index (Phi) is 5.51. The van der Waals surface area contributed by atoms with Gasteiger partial charge in [-0.1, -0.05) is 140 Å². The van der Waals surface area contributed by atoms with E-state index in [9.17, 15) is 0 Å². The third-order valence-corrected chi connectivity index (χ3v) is 12.7. The van der Waals surface area contributed by atoms with E-state index in [1.165, 1.54) is 106 Å². The van der Waals surface area contributed by atoms with Gasteiger partial charge < -0.3 is 0 Å². The Morgan fingerprint density at radius 2 is 0.792 bits per heavy atom. The van der Waals surface area contributed by atoms with Gasteiger partial charge in [0.05, 0.1) is 9.40 Å². The molecule has 0 atom stereocenters. The topological polar surface area (TPSA) is 0 Å². The number of rotatable bonds is 2. The zero-order valence-corrected chi connectivity index (χ0v) is 27.5. The molecule has 222 valence electrons. The molecule has 0 spiro atoms. The number of thiophene rings is 2. The van der Waals surface area contributed by atoms with Gasteiger partial charge in [-0.15, -0.1) is 22.7 Å². The minimum atomic E-state index is 1.27. The van der Waals surface area contributed by atoms with Crippen LogP contribution in [-0.4, -0.2) is 0 Å². The van der Waals surface area contributed by atoms with E-state index in [0.29, 0.717) is 0 Å². The molecule has 2 heteroatoms. The predicted octanol–water partition coefficient (Wildman–Crippen LogP) is 14.4. The molecule has 0 aliphatic carbocycles. The van der Waals surface area contributed by atoms with Crippen LogP contribution in [0.25, 0.3) is 106 Å². The summed E-state index contributed by atoms with van der Waals surface area (Å²) in [6.07, 6.45) is 0. The first-order chi connectivity index (χ1) is 23.8. The molecule has 0 saturated heterocycles. The first-order valence-corrected chi connectivity index (χ1v) is 18.1. The van der Waals surface area contributed by atoms with Gasteiger partial charge in [0.2, 0.25) is 0 Å². The zero-order valence-electron chi connectivity index (χ0n) is 25.8. The summed E-state index contributed by atoms with van der Waals surface area (Å²) in [6.45, 7) is 0. The summed E-state index contributed by atoms with van der Waals surface area (Å²) in [5.74, 6) is 0. The van der Waals surface area contributed by atoms with Crippen molar-refractivity contribution >= 4 is 106 Å². The highest BCUT2D eigenvalue weighted by Crippen LogP contribution is 2.48. The highest BCUT2D eigenvalue weighted by molar-refractivity contribution is 7.33. The molecule has 0 radical (unpaired) electrons. The monoisotopic (exact) mass is 642 g/mol. The first kappa shape index (κ1) is 26.5. The molecule has 0 aliphatic rings. The summed E-state index contributed by atoms with van der Waals surface area (Å²) in [7, 11) is 0. The minimum Gasteiger partial charge on any atom is -0.134 e. The van der Waals surface area contributed by atoms with E-state index in [1.54, 1.807) is 0 Å². The fourth-order valence-corrected chi connectivity index (χ4v) is 10.7. The van der Waals surface area contributed by atoms with Crippen LogP contribution >= 0.6 is 22.7 Å². The maximum atomic E-state index is 2.44. The Bertz CT molecular complexity index is 3060. The molecule has 0 unspecified atom stereocenters. The van der Waals surface area contributed by atoms with Crippen LogP contribution in [0.3, 0.4) is 0 Å². The van der Waals surface area contributed by atoms with E-state index in [1.807, 2.05) is 22.7 Å². The average Bonchev–Trinajstić information content (AvgIpc) is 3.70. The lowest BCUT2D eigenvalue weighted by molar-refractivity contribution is 1.69. The summed E-state index contributed by atoms with van der Waals surface area (Å²) >= 11 is 3.88. The molecule has 0 aliphatic heterocycles. The molecule has 48 heavy (non-hydrogen) atoms. The summed E-state index contributed by atoms with van der Waals surface area (Å²) < 4.78 is 5.49. The van der Waals surface area contributed by atoms with Gasteiger partial charge in [-0.25, -0.2) is 0 Å². The van der Waals surface area contributed by atoms with Crippen LogP contribution in [0, 0.1) is 0 Å². The molecule has 11 rings (SSSR count). The summed E-state index contributed by atoms with van der Waals surface area (Å²) in [5, 5.41) is 15.7. The van der Waals surface area contributed by atoms with Crippen molar-refractivity contribution in [3.8, 4) is 22.3 Å². The van der Waals surface area contributed by atoms with E-state index < -0.39 is 0 Å². The second kappa shape index (κ2) is 9.98. The second-order valence-electron chi connectivity index (χ2n) is 12.8. The number of hydrogen-bond donors (Lipinski definition) is 0. The molecule has 0 amide bonds. The van der Waals surface area contributed by atoms with E-state index in [0.717, 1.165) is 0 Å². The van der Waals surface area contributed by atoms with E-state index >= 15 is 0 Å². The fraction of sp³-hybridized carbons (Fsp3) is 0. The summed E-state index contributed by atoms with van der Waals surface area (Å²) in [6, 6.07) is 58.7. The van der Waals surface area contributed by atoms with E-state index in [-0.39, 0.29) is 0 Å². The molecule has 0 fully saturated rings. The lowest BCUT2D eigenvalue weighted by Crippen LogP contribution is -1.91. The lowest BCUT2D eigenvalue weighted by atomic mass is 9.84. The quantitative estimate of drug-likeness (QED) is 0.165. The van der Waals surface area contributed by atoms with Crippen LogP contribution in [0.2, 0.25) is 0 Å². The molecule has 9 aromatic carbocycles. The van der Waals surface area contributed by atoms with Gasteiger partial charge in [0.15, 0.2) is 0 Å². The highest BCUT2D eigenvalue weighted by Gasteiger charge is 2.19. The Morgan fingerprint density at radius 1 is 0.292 bits per heavy atom. The van der Waals surface area contributed by atoms with Gasteiger partial charge >= 0.3 is 0 Å². The average molecular weight is 643 g/mol. The maximum absolute atomic E-state index is 2.44. The smallest absolute Gasteiger partial charge is 0.0534 e. The molecular formula is C46H26S2. The van der Waals surface area contributed by atoms with Crippen molar-refractivity contribution in [1.82, 2.24) is 0 Å². The van der Waals surface area contributed by atoms with Crippen LogP contribution in [0.15, 0.2) is 158 Å². The van der Waals surface area contributed by atoms with Gasteiger partial charge in [-0.3, -0.25) is 0 Å². The predicted molar refractivity (Wildman–Crippen MR) is 213 cm³/mol. The molecule has 2 aromatic heterocycles. The molecule has 0 bridgehead atoms. The van der Waals surface area contributed by atoms with E-state index in [4.69, 9.17) is 0 Å². The van der Waals surface area contributed by atoms with Crippen molar-refractivity contribution in [3.63, 3.8) is 0 Å². The molecule has 11 aromatic rings. The van der Waals surface area contributed by atoms with Crippen molar-refractivity contribution in [3.05, 3.63) is 158 Å². The van der Waals surface area contributed by atoms with Crippen LogP contribution in [0.5, 0.6) is 0 Å². The number of hydrogen-bond acceptors (Lipinski definition) is 2. The van der Waals surface area contributed by atoms with Crippen LogP contribution < -0.4 is 0 Å². The van der Waals surface area contributed by atoms with E-state index in [2.05, 4.69) is 158 Å². The normalized spacial score (nSPS) is 12.2. The van der Waals surface area contributed by atoms with Crippen molar-refractivity contribution in [2.24, 2.45) is 0 Å². The second-order valence-corrected chi connectivity index (χ2v) is 14.9. The first-order valence-electron chi connectivity index (χ1n) is 16.4. The highest BCUT2D eigenvalue weighted by atomic mass is 32.1. The SMILES string of the molecule is c1ccc2cc3c(cc2c1)sc1c3ccc2c3ccc(-c4c5ccccc5c(-c5cccc6ccccc56)c5ccccc45)cc3sc21.